The smallest absolute Gasteiger partial charge is 0.353 e. The van der Waals surface area contributed by atoms with Crippen LogP contribution in [0.3, 0.4) is 0 Å². The Morgan fingerprint density at radius 2 is 1.76 bits per heavy atom. The number of halogens is 5. The van der Waals surface area contributed by atoms with Crippen LogP contribution in [0.1, 0.15) is 12.5 Å². The molecule has 0 spiro atoms. The van der Waals surface area contributed by atoms with Crippen molar-refractivity contribution in [1.29, 1.82) is 0 Å². The number of benzene rings is 1. The van der Waals surface area contributed by atoms with Crippen LogP contribution in [0.25, 0.3) is 0 Å². The average Bonchev–Trinajstić information content (AvgIpc) is 2.68. The highest BCUT2D eigenvalue weighted by Crippen LogP contribution is 2.33. The van der Waals surface area contributed by atoms with E-state index in [2.05, 4.69) is 10.3 Å². The van der Waals surface area contributed by atoms with E-state index < -0.39 is 11.7 Å². The van der Waals surface area contributed by atoms with Gasteiger partial charge in [0, 0.05) is 43.1 Å². The fourth-order valence-corrected chi connectivity index (χ4v) is 3.50. The van der Waals surface area contributed by atoms with Gasteiger partial charge in [0.2, 0.25) is 5.91 Å². The third kappa shape index (κ3) is 5.32. The molecule has 0 bridgehead atoms. The SMILES string of the molecule is CC(C(=O)Nc1ccc(Cl)cc1)N1CCN(c2ncc(C(F)(F)F)cc2Cl)CC1. The first kappa shape index (κ1) is 21.7. The fraction of sp³-hybridized carbons (Fsp3) is 0.368. The molecule has 2 heterocycles. The van der Waals surface area contributed by atoms with Gasteiger partial charge >= 0.3 is 6.18 Å². The van der Waals surface area contributed by atoms with E-state index in [-0.39, 0.29) is 17.0 Å². The van der Waals surface area contributed by atoms with Gasteiger partial charge in [-0.1, -0.05) is 23.2 Å². The minimum Gasteiger partial charge on any atom is -0.353 e. The molecule has 2 aromatic rings. The molecule has 1 aromatic heterocycles. The molecular weight excluding hydrogens is 428 g/mol. The predicted octanol–water partition coefficient (Wildman–Crippen LogP) is 4.56. The van der Waals surface area contributed by atoms with Gasteiger partial charge in [-0.3, -0.25) is 9.69 Å². The zero-order chi connectivity index (χ0) is 21.2. The van der Waals surface area contributed by atoms with Crippen molar-refractivity contribution in [2.75, 3.05) is 36.4 Å². The van der Waals surface area contributed by atoms with Crippen LogP contribution >= 0.6 is 23.2 Å². The zero-order valence-corrected chi connectivity index (χ0v) is 17.0. The summed E-state index contributed by atoms with van der Waals surface area (Å²) in [6.45, 7) is 3.90. The van der Waals surface area contributed by atoms with E-state index in [1.54, 1.807) is 24.3 Å². The van der Waals surface area contributed by atoms with Crippen LogP contribution in [0.5, 0.6) is 0 Å². The number of hydrogen-bond acceptors (Lipinski definition) is 4. The number of carbonyl (C=O) groups excluding carboxylic acids is 1. The molecule has 1 saturated heterocycles. The Bertz CT molecular complexity index is 869. The number of alkyl halides is 3. The maximum atomic E-state index is 12.8. The second kappa shape index (κ2) is 8.77. The number of nitrogens with one attached hydrogen (secondary N) is 1. The first-order chi connectivity index (χ1) is 13.6. The number of hydrogen-bond donors (Lipinski definition) is 1. The summed E-state index contributed by atoms with van der Waals surface area (Å²) in [4.78, 5) is 20.2. The number of carbonyl (C=O) groups is 1. The Morgan fingerprint density at radius 3 is 2.31 bits per heavy atom. The zero-order valence-electron chi connectivity index (χ0n) is 15.5. The summed E-state index contributed by atoms with van der Waals surface area (Å²) in [6.07, 6.45) is -3.70. The summed E-state index contributed by atoms with van der Waals surface area (Å²) < 4.78 is 38.3. The lowest BCUT2D eigenvalue weighted by Crippen LogP contribution is -2.53. The van der Waals surface area contributed by atoms with Crippen LogP contribution in [-0.4, -0.2) is 48.0 Å². The predicted molar refractivity (Wildman–Crippen MR) is 108 cm³/mol. The molecule has 1 atom stereocenters. The van der Waals surface area contributed by atoms with Crippen molar-refractivity contribution in [3.8, 4) is 0 Å². The maximum absolute atomic E-state index is 12.8. The van der Waals surface area contributed by atoms with Crippen molar-refractivity contribution in [3.63, 3.8) is 0 Å². The number of pyridine rings is 1. The van der Waals surface area contributed by atoms with E-state index in [4.69, 9.17) is 23.2 Å². The Kier molecular flexibility index (Phi) is 6.55. The molecule has 3 rings (SSSR count). The van der Waals surface area contributed by atoms with E-state index in [1.807, 2.05) is 16.7 Å². The molecular formula is C19H19Cl2F3N4O. The Morgan fingerprint density at radius 1 is 1.14 bits per heavy atom. The van der Waals surface area contributed by atoms with Crippen molar-refractivity contribution in [1.82, 2.24) is 9.88 Å². The van der Waals surface area contributed by atoms with Gasteiger partial charge in [-0.15, -0.1) is 0 Å². The Labute approximate surface area is 176 Å². The Balaban J connectivity index is 1.58. The van der Waals surface area contributed by atoms with Crippen molar-refractivity contribution in [3.05, 3.63) is 52.1 Å². The molecule has 1 N–H and O–H groups in total. The summed E-state index contributed by atoms with van der Waals surface area (Å²) in [5, 5.41) is 3.39. The lowest BCUT2D eigenvalue weighted by atomic mass is 10.2. The number of anilines is 2. The molecule has 29 heavy (non-hydrogen) atoms. The van der Waals surface area contributed by atoms with Crippen molar-refractivity contribution in [2.24, 2.45) is 0 Å². The number of amides is 1. The minimum atomic E-state index is -4.49. The lowest BCUT2D eigenvalue weighted by molar-refractivity contribution is -0.137. The van der Waals surface area contributed by atoms with Gasteiger partial charge in [-0.05, 0) is 37.3 Å². The molecule has 5 nitrogen and oxygen atoms in total. The van der Waals surface area contributed by atoms with Crippen LogP contribution in [0.15, 0.2) is 36.5 Å². The largest absolute Gasteiger partial charge is 0.417 e. The maximum Gasteiger partial charge on any atom is 0.417 e. The van der Waals surface area contributed by atoms with E-state index >= 15 is 0 Å². The number of aromatic nitrogens is 1. The molecule has 1 aromatic carbocycles. The first-order valence-electron chi connectivity index (χ1n) is 8.93. The second-order valence-electron chi connectivity index (χ2n) is 6.72. The first-order valence-corrected chi connectivity index (χ1v) is 9.69. The van der Waals surface area contributed by atoms with Crippen LogP contribution < -0.4 is 10.2 Å². The summed E-state index contributed by atoms with van der Waals surface area (Å²) >= 11 is 11.9. The van der Waals surface area contributed by atoms with Gasteiger partial charge in [0.05, 0.1) is 16.6 Å². The summed E-state index contributed by atoms with van der Waals surface area (Å²) in [6, 6.07) is 7.36. The third-order valence-electron chi connectivity index (χ3n) is 4.80. The van der Waals surface area contributed by atoms with Gasteiger partial charge < -0.3 is 10.2 Å². The van der Waals surface area contributed by atoms with Gasteiger partial charge in [0.25, 0.3) is 0 Å². The summed E-state index contributed by atoms with van der Waals surface area (Å²) in [5.74, 6) is 0.170. The minimum absolute atomic E-state index is 0.0400. The van der Waals surface area contributed by atoms with Gasteiger partial charge in [-0.2, -0.15) is 13.2 Å². The Hall–Kier alpha value is -2.03. The number of nitrogens with zero attached hydrogens (tertiary/aromatic N) is 3. The molecule has 1 unspecified atom stereocenters. The fourth-order valence-electron chi connectivity index (χ4n) is 3.09. The number of rotatable bonds is 4. The molecule has 0 radical (unpaired) electrons. The monoisotopic (exact) mass is 446 g/mol. The van der Waals surface area contributed by atoms with Gasteiger partial charge in [0.15, 0.2) is 0 Å². The standard InChI is InChI=1S/C19H19Cl2F3N4O/c1-12(18(29)26-15-4-2-14(20)3-5-15)27-6-8-28(9-7-27)17-16(21)10-13(11-25-17)19(22,23)24/h2-5,10-12H,6-9H2,1H3,(H,26,29). The van der Waals surface area contributed by atoms with E-state index in [0.29, 0.717) is 42.7 Å². The molecule has 10 heteroatoms. The average molecular weight is 447 g/mol. The molecule has 156 valence electrons. The molecule has 1 aliphatic heterocycles. The van der Waals surface area contributed by atoms with Crippen LogP contribution in [0, 0.1) is 0 Å². The molecule has 1 fully saturated rings. The lowest BCUT2D eigenvalue weighted by Gasteiger charge is -2.38. The normalized spacial score (nSPS) is 16.6. The second-order valence-corrected chi connectivity index (χ2v) is 7.57. The van der Waals surface area contributed by atoms with Crippen molar-refractivity contribution < 1.29 is 18.0 Å². The van der Waals surface area contributed by atoms with Crippen LogP contribution in [0.2, 0.25) is 10.0 Å². The van der Waals surface area contributed by atoms with Gasteiger partial charge in [-0.25, -0.2) is 4.98 Å². The topological polar surface area (TPSA) is 48.5 Å². The van der Waals surface area contributed by atoms with Crippen LogP contribution in [0.4, 0.5) is 24.7 Å². The van der Waals surface area contributed by atoms with E-state index in [1.165, 1.54) is 0 Å². The van der Waals surface area contributed by atoms with E-state index in [9.17, 15) is 18.0 Å². The van der Waals surface area contributed by atoms with Crippen LogP contribution in [-0.2, 0) is 11.0 Å². The highest BCUT2D eigenvalue weighted by atomic mass is 35.5. The van der Waals surface area contributed by atoms with E-state index in [0.717, 1.165) is 12.3 Å². The third-order valence-corrected chi connectivity index (χ3v) is 5.33. The highest BCUT2D eigenvalue weighted by molar-refractivity contribution is 6.33. The molecule has 0 aliphatic carbocycles. The summed E-state index contributed by atoms with van der Waals surface area (Å²) in [7, 11) is 0. The van der Waals surface area contributed by atoms with Crippen molar-refractivity contribution in [2.45, 2.75) is 19.1 Å². The highest BCUT2D eigenvalue weighted by Gasteiger charge is 2.33. The van der Waals surface area contributed by atoms with Crippen molar-refractivity contribution >= 4 is 40.6 Å². The van der Waals surface area contributed by atoms with Gasteiger partial charge in [0.1, 0.15) is 5.82 Å². The quantitative estimate of drug-likeness (QED) is 0.747. The molecule has 1 aliphatic rings. The summed E-state index contributed by atoms with van der Waals surface area (Å²) in [5.41, 5.74) is -0.219. The molecule has 0 saturated carbocycles. The molecule has 1 amide bonds. The number of piperazine rings is 1.